The lowest BCUT2D eigenvalue weighted by Gasteiger charge is -2.10. The van der Waals surface area contributed by atoms with Crippen molar-refractivity contribution in [3.63, 3.8) is 0 Å². The van der Waals surface area contributed by atoms with E-state index in [-0.39, 0.29) is 12.5 Å². The van der Waals surface area contributed by atoms with E-state index in [0.29, 0.717) is 10.7 Å². The lowest BCUT2D eigenvalue weighted by atomic mass is 10.0. The van der Waals surface area contributed by atoms with Gasteiger partial charge in [0.25, 0.3) is 0 Å². The van der Waals surface area contributed by atoms with Crippen LogP contribution in [0.5, 0.6) is 0 Å². The fourth-order valence-electron chi connectivity index (χ4n) is 1.09. The first kappa shape index (κ1) is 9.85. The van der Waals surface area contributed by atoms with Gasteiger partial charge in [0.05, 0.1) is 12.5 Å². The van der Waals surface area contributed by atoms with Crippen molar-refractivity contribution >= 4 is 17.3 Å². The molecule has 1 aromatic rings. The standard InChI is InChI=1S/C9H10ClN3/c10-6-1-2-7(9(13)5-6)8(12)3-4-11/h1-2,5,8H,3,12-13H2. The van der Waals surface area contributed by atoms with Gasteiger partial charge in [-0.3, -0.25) is 0 Å². The van der Waals surface area contributed by atoms with E-state index in [1.807, 2.05) is 6.07 Å². The molecule has 4 N–H and O–H groups in total. The zero-order valence-electron chi connectivity index (χ0n) is 7.00. The molecule has 4 heteroatoms. The van der Waals surface area contributed by atoms with Crippen LogP contribution >= 0.6 is 11.6 Å². The summed E-state index contributed by atoms with van der Waals surface area (Å²) < 4.78 is 0. The van der Waals surface area contributed by atoms with Crippen LogP contribution in [-0.2, 0) is 0 Å². The Labute approximate surface area is 81.9 Å². The van der Waals surface area contributed by atoms with Gasteiger partial charge in [-0.2, -0.15) is 5.26 Å². The van der Waals surface area contributed by atoms with E-state index >= 15 is 0 Å². The molecule has 68 valence electrons. The molecule has 3 nitrogen and oxygen atoms in total. The highest BCUT2D eigenvalue weighted by Gasteiger charge is 2.08. The summed E-state index contributed by atoms with van der Waals surface area (Å²) in [6.07, 6.45) is 0.256. The topological polar surface area (TPSA) is 75.8 Å². The van der Waals surface area contributed by atoms with Crippen molar-refractivity contribution in [3.8, 4) is 6.07 Å². The van der Waals surface area contributed by atoms with Gasteiger partial charge in [0.15, 0.2) is 0 Å². The Hall–Kier alpha value is -1.24. The highest BCUT2D eigenvalue weighted by Crippen LogP contribution is 2.23. The fourth-order valence-corrected chi connectivity index (χ4v) is 1.27. The van der Waals surface area contributed by atoms with Crippen molar-refractivity contribution in [2.24, 2.45) is 5.73 Å². The SMILES string of the molecule is N#CCC(N)c1ccc(Cl)cc1N. The number of nitriles is 1. The van der Waals surface area contributed by atoms with Crippen LogP contribution in [0.4, 0.5) is 5.69 Å². The van der Waals surface area contributed by atoms with E-state index < -0.39 is 0 Å². The molecule has 0 bridgehead atoms. The van der Waals surface area contributed by atoms with E-state index in [9.17, 15) is 0 Å². The molecule has 0 amide bonds. The van der Waals surface area contributed by atoms with E-state index in [2.05, 4.69) is 0 Å². The zero-order chi connectivity index (χ0) is 9.84. The van der Waals surface area contributed by atoms with Crippen molar-refractivity contribution in [3.05, 3.63) is 28.8 Å². The van der Waals surface area contributed by atoms with Gasteiger partial charge in [-0.05, 0) is 17.7 Å². The predicted octanol–water partition coefficient (Wildman–Crippen LogP) is 1.84. The number of hydrogen-bond donors (Lipinski definition) is 2. The largest absolute Gasteiger partial charge is 0.398 e. The lowest BCUT2D eigenvalue weighted by Crippen LogP contribution is -2.11. The Bertz CT molecular complexity index is 343. The van der Waals surface area contributed by atoms with Crippen LogP contribution < -0.4 is 11.5 Å². The number of nitrogens with zero attached hydrogens (tertiary/aromatic N) is 1. The molecule has 0 radical (unpaired) electrons. The summed E-state index contributed by atoms with van der Waals surface area (Å²) in [6, 6.07) is 6.76. The summed E-state index contributed by atoms with van der Waals surface area (Å²) in [5.74, 6) is 0. The van der Waals surface area contributed by atoms with Gasteiger partial charge in [-0.1, -0.05) is 17.7 Å². The lowest BCUT2D eigenvalue weighted by molar-refractivity contribution is 0.751. The molecule has 0 aliphatic rings. The molecule has 1 atom stereocenters. The normalized spacial score (nSPS) is 12.1. The minimum absolute atomic E-state index is 0.256. The third-order valence-corrected chi connectivity index (χ3v) is 1.99. The number of anilines is 1. The molecule has 0 spiro atoms. The molecule has 1 aromatic carbocycles. The van der Waals surface area contributed by atoms with Crippen molar-refractivity contribution in [1.82, 2.24) is 0 Å². The maximum Gasteiger partial charge on any atom is 0.0641 e. The average Bonchev–Trinajstić information content (AvgIpc) is 2.04. The molecule has 0 aliphatic heterocycles. The van der Waals surface area contributed by atoms with Crippen LogP contribution in [0.3, 0.4) is 0 Å². The van der Waals surface area contributed by atoms with Gasteiger partial charge in [0.1, 0.15) is 0 Å². The molecule has 0 saturated carbocycles. The van der Waals surface area contributed by atoms with Crippen molar-refractivity contribution in [1.29, 1.82) is 5.26 Å². The van der Waals surface area contributed by atoms with Gasteiger partial charge in [0.2, 0.25) is 0 Å². The van der Waals surface area contributed by atoms with Gasteiger partial charge < -0.3 is 11.5 Å². The van der Waals surface area contributed by atoms with Gasteiger partial charge in [-0.25, -0.2) is 0 Å². The molecular weight excluding hydrogens is 186 g/mol. The molecule has 1 rings (SSSR count). The number of benzene rings is 1. The van der Waals surface area contributed by atoms with Gasteiger partial charge >= 0.3 is 0 Å². The summed E-state index contributed by atoms with van der Waals surface area (Å²) in [5.41, 5.74) is 12.7. The number of halogens is 1. The van der Waals surface area contributed by atoms with Crippen molar-refractivity contribution in [2.75, 3.05) is 5.73 Å². The highest BCUT2D eigenvalue weighted by molar-refractivity contribution is 6.30. The number of hydrogen-bond acceptors (Lipinski definition) is 3. The number of nitrogen functional groups attached to an aromatic ring is 1. The fraction of sp³-hybridized carbons (Fsp3) is 0.222. The first-order valence-electron chi connectivity index (χ1n) is 3.82. The zero-order valence-corrected chi connectivity index (χ0v) is 7.75. The summed E-state index contributed by atoms with van der Waals surface area (Å²) in [4.78, 5) is 0. The minimum Gasteiger partial charge on any atom is -0.398 e. The molecular formula is C9H10ClN3. The quantitative estimate of drug-likeness (QED) is 0.707. The molecule has 0 aliphatic carbocycles. The van der Waals surface area contributed by atoms with E-state index in [0.717, 1.165) is 5.56 Å². The average molecular weight is 196 g/mol. The third-order valence-electron chi connectivity index (χ3n) is 1.76. The maximum absolute atomic E-state index is 8.45. The molecule has 0 saturated heterocycles. The monoisotopic (exact) mass is 195 g/mol. The van der Waals surface area contributed by atoms with E-state index in [1.54, 1.807) is 18.2 Å². The Morgan fingerprint density at radius 1 is 1.54 bits per heavy atom. The van der Waals surface area contributed by atoms with Gasteiger partial charge in [-0.15, -0.1) is 0 Å². The first-order valence-corrected chi connectivity index (χ1v) is 4.20. The smallest absolute Gasteiger partial charge is 0.0641 e. The number of rotatable bonds is 2. The molecule has 0 fully saturated rings. The van der Waals surface area contributed by atoms with Crippen molar-refractivity contribution < 1.29 is 0 Å². The Kier molecular flexibility index (Phi) is 3.13. The number of nitrogens with two attached hydrogens (primary N) is 2. The van der Waals surface area contributed by atoms with Crippen LogP contribution in [-0.4, -0.2) is 0 Å². The summed E-state index contributed by atoms with van der Waals surface area (Å²) in [5, 5.41) is 9.02. The second-order valence-electron chi connectivity index (χ2n) is 2.74. The molecule has 0 heterocycles. The maximum atomic E-state index is 8.45. The van der Waals surface area contributed by atoms with Gasteiger partial charge in [0, 0.05) is 16.8 Å². The Balaban J connectivity index is 2.96. The third kappa shape index (κ3) is 2.35. The van der Waals surface area contributed by atoms with E-state index in [4.69, 9.17) is 28.3 Å². The summed E-state index contributed by atoms with van der Waals surface area (Å²) in [6.45, 7) is 0. The highest BCUT2D eigenvalue weighted by atomic mass is 35.5. The second kappa shape index (κ2) is 4.13. The second-order valence-corrected chi connectivity index (χ2v) is 3.18. The van der Waals surface area contributed by atoms with Crippen molar-refractivity contribution in [2.45, 2.75) is 12.5 Å². The molecule has 1 unspecified atom stereocenters. The van der Waals surface area contributed by atoms with Crippen LogP contribution in [0.25, 0.3) is 0 Å². The Morgan fingerprint density at radius 3 is 2.77 bits per heavy atom. The van der Waals surface area contributed by atoms with E-state index in [1.165, 1.54) is 0 Å². The Morgan fingerprint density at radius 2 is 2.23 bits per heavy atom. The predicted molar refractivity (Wildman–Crippen MR) is 53.0 cm³/mol. The minimum atomic E-state index is -0.331. The summed E-state index contributed by atoms with van der Waals surface area (Å²) >= 11 is 5.71. The van der Waals surface area contributed by atoms with Crippen LogP contribution in [0, 0.1) is 11.3 Å². The van der Waals surface area contributed by atoms with Crippen LogP contribution in [0.2, 0.25) is 5.02 Å². The molecule has 13 heavy (non-hydrogen) atoms. The van der Waals surface area contributed by atoms with Crippen LogP contribution in [0.15, 0.2) is 18.2 Å². The first-order chi connectivity index (χ1) is 6.15. The van der Waals surface area contributed by atoms with Crippen LogP contribution in [0.1, 0.15) is 18.0 Å². The summed E-state index contributed by atoms with van der Waals surface area (Å²) in [7, 11) is 0. The molecule has 0 aromatic heterocycles.